The number of aliphatic carboxylic acids is 2. The number of amides is 3. The number of nitrogens with zero attached hydrogens (tertiary/aromatic N) is 1. The summed E-state index contributed by atoms with van der Waals surface area (Å²) in [4.78, 5) is 69.7. The number of hydrogen-bond acceptors (Lipinski definition) is 7. The van der Waals surface area contributed by atoms with Gasteiger partial charge in [0.05, 0.1) is 12.5 Å². The Hall–Kier alpha value is -4.66. The van der Waals surface area contributed by atoms with Crippen molar-refractivity contribution in [2.45, 2.75) is 70.1 Å². The molecule has 0 aliphatic carbocycles. The van der Waals surface area contributed by atoms with Gasteiger partial charge in [0.2, 0.25) is 17.7 Å². The first-order valence-electron chi connectivity index (χ1n) is 13.6. The van der Waals surface area contributed by atoms with Crippen molar-refractivity contribution in [1.29, 1.82) is 0 Å². The summed E-state index contributed by atoms with van der Waals surface area (Å²) >= 11 is 0. The molecule has 0 saturated heterocycles. The van der Waals surface area contributed by atoms with Gasteiger partial charge in [-0.15, -0.1) is 0 Å². The van der Waals surface area contributed by atoms with E-state index in [1.807, 2.05) is 18.2 Å². The molecule has 0 aliphatic heterocycles. The molecule has 1 aromatic carbocycles. The molecule has 1 heterocycles. The van der Waals surface area contributed by atoms with Crippen molar-refractivity contribution in [2.75, 3.05) is 6.54 Å². The predicted octanol–water partition coefficient (Wildman–Crippen LogP) is -0.849. The third kappa shape index (κ3) is 10.1. The first kappa shape index (κ1) is 33.5. The van der Waals surface area contributed by atoms with Gasteiger partial charge in [-0.1, -0.05) is 38.5 Å². The average Bonchev–Trinajstić information content (AvgIpc) is 3.34. The smallest absolute Gasteiger partial charge is 0.326 e. The zero-order valence-corrected chi connectivity index (χ0v) is 23.6. The van der Waals surface area contributed by atoms with Crippen molar-refractivity contribution in [2.24, 2.45) is 28.1 Å². The highest BCUT2D eigenvalue weighted by Gasteiger charge is 2.33. The van der Waals surface area contributed by atoms with Crippen LogP contribution in [0.1, 0.15) is 45.1 Å². The maximum atomic E-state index is 13.4. The van der Waals surface area contributed by atoms with Crippen molar-refractivity contribution in [3.8, 4) is 0 Å². The summed E-state index contributed by atoms with van der Waals surface area (Å²) in [6, 6.07) is 2.09. The van der Waals surface area contributed by atoms with Crippen LogP contribution in [-0.2, 0) is 30.4 Å². The third-order valence-corrected chi connectivity index (χ3v) is 6.82. The first-order valence-corrected chi connectivity index (χ1v) is 13.6. The molecule has 12 N–H and O–H groups in total. The molecule has 3 amide bonds. The lowest BCUT2D eigenvalue weighted by atomic mass is 9.98. The summed E-state index contributed by atoms with van der Waals surface area (Å²) in [7, 11) is 0. The number of H-pyrrole nitrogens is 1. The normalized spacial score (nSPS) is 14.5. The number of aliphatic imine (C=N–C) groups is 1. The molecule has 0 saturated carbocycles. The third-order valence-electron chi connectivity index (χ3n) is 6.82. The van der Waals surface area contributed by atoms with E-state index in [2.05, 4.69) is 25.9 Å². The van der Waals surface area contributed by atoms with Crippen LogP contribution in [0.3, 0.4) is 0 Å². The topological polar surface area (TPSA) is 268 Å². The number of rotatable bonds is 17. The standard InChI is InChI=1S/C27H40N8O7/c1-3-14(2)22(26(41)42)35-25(40)19(11-15-13-32-18-9-5-4-7-16(15)18)34-24(39)20(12-21(36)37)33-23(38)17(28)8-6-10-31-27(29)30/h4-5,7,9,13-14,17,19-20,22,32H,3,6,8,10-12,28H2,1-2H3,(H,33,38)(H,34,39)(H,35,40)(H,36,37)(H,41,42)(H4,29,30,31). The molecule has 2 aromatic rings. The number of nitrogens with one attached hydrogen (secondary N) is 4. The highest BCUT2D eigenvalue weighted by molar-refractivity contribution is 5.96. The second-order valence-electron chi connectivity index (χ2n) is 10.0. The maximum Gasteiger partial charge on any atom is 0.326 e. The molecule has 1 aromatic heterocycles. The van der Waals surface area contributed by atoms with Crippen molar-refractivity contribution in [3.63, 3.8) is 0 Å². The molecule has 15 heteroatoms. The number of nitrogens with two attached hydrogens (primary N) is 3. The van der Waals surface area contributed by atoms with E-state index >= 15 is 0 Å². The van der Waals surface area contributed by atoms with Gasteiger partial charge >= 0.3 is 11.9 Å². The molecule has 15 nitrogen and oxygen atoms in total. The minimum atomic E-state index is -1.57. The van der Waals surface area contributed by atoms with E-state index in [0.717, 1.165) is 10.9 Å². The van der Waals surface area contributed by atoms with Gasteiger partial charge in [-0.25, -0.2) is 4.79 Å². The van der Waals surface area contributed by atoms with Crippen LogP contribution in [0.15, 0.2) is 35.5 Å². The molecule has 0 bridgehead atoms. The van der Waals surface area contributed by atoms with Gasteiger partial charge in [0, 0.05) is 30.1 Å². The number of carboxylic acid groups (broad SMARTS) is 2. The van der Waals surface area contributed by atoms with Gasteiger partial charge in [0.1, 0.15) is 18.1 Å². The van der Waals surface area contributed by atoms with E-state index < -0.39 is 66.2 Å². The summed E-state index contributed by atoms with van der Waals surface area (Å²) in [5.41, 5.74) is 17.9. The van der Waals surface area contributed by atoms with Gasteiger partial charge < -0.3 is 48.3 Å². The minimum Gasteiger partial charge on any atom is -0.481 e. The van der Waals surface area contributed by atoms with E-state index in [0.29, 0.717) is 18.4 Å². The van der Waals surface area contributed by atoms with Crippen LogP contribution < -0.4 is 33.2 Å². The average molecular weight is 589 g/mol. The monoisotopic (exact) mass is 588 g/mol. The van der Waals surface area contributed by atoms with Crippen LogP contribution in [-0.4, -0.2) is 81.5 Å². The lowest BCUT2D eigenvalue weighted by molar-refractivity contribution is -0.144. The van der Waals surface area contributed by atoms with Gasteiger partial charge in [-0.3, -0.25) is 24.2 Å². The van der Waals surface area contributed by atoms with Gasteiger partial charge in [0.15, 0.2) is 5.96 Å². The van der Waals surface area contributed by atoms with Gasteiger partial charge in [-0.05, 0) is 30.4 Å². The van der Waals surface area contributed by atoms with Gasteiger partial charge in [-0.2, -0.15) is 0 Å². The van der Waals surface area contributed by atoms with Crippen LogP contribution in [0.25, 0.3) is 10.9 Å². The van der Waals surface area contributed by atoms with Crippen molar-refractivity contribution >= 4 is 46.5 Å². The van der Waals surface area contributed by atoms with Crippen molar-refractivity contribution in [3.05, 3.63) is 36.0 Å². The Labute approximate surface area is 242 Å². The molecule has 0 aliphatic rings. The van der Waals surface area contributed by atoms with E-state index in [1.54, 1.807) is 26.1 Å². The minimum absolute atomic E-state index is 0.0491. The van der Waals surface area contributed by atoms with E-state index in [9.17, 15) is 34.2 Å². The fraction of sp³-hybridized carbons (Fsp3) is 0.481. The molecule has 230 valence electrons. The van der Waals surface area contributed by atoms with Crippen LogP contribution in [0.2, 0.25) is 0 Å². The van der Waals surface area contributed by atoms with Gasteiger partial charge in [0.25, 0.3) is 0 Å². The number of benzene rings is 1. The quantitative estimate of drug-likeness (QED) is 0.0627. The van der Waals surface area contributed by atoms with Crippen LogP contribution in [0, 0.1) is 5.92 Å². The molecule has 2 rings (SSSR count). The number of carbonyl (C=O) groups is 5. The van der Waals surface area contributed by atoms with E-state index in [-0.39, 0.29) is 25.3 Å². The number of para-hydroxylation sites is 1. The Kier molecular flexibility index (Phi) is 12.7. The van der Waals surface area contributed by atoms with Crippen molar-refractivity contribution < 1.29 is 34.2 Å². The number of aromatic amines is 1. The molecular weight excluding hydrogens is 548 g/mol. The zero-order valence-electron chi connectivity index (χ0n) is 23.6. The highest BCUT2D eigenvalue weighted by Crippen LogP contribution is 2.20. The molecule has 0 radical (unpaired) electrons. The summed E-state index contributed by atoms with van der Waals surface area (Å²) in [6.45, 7) is 3.68. The Balaban J connectivity index is 2.27. The number of carbonyl (C=O) groups excluding carboxylic acids is 3. The van der Waals surface area contributed by atoms with Crippen LogP contribution in [0.5, 0.6) is 0 Å². The number of fused-ring (bicyclic) bond motifs is 1. The lowest BCUT2D eigenvalue weighted by Gasteiger charge is -2.26. The fourth-order valence-electron chi connectivity index (χ4n) is 4.25. The van der Waals surface area contributed by atoms with Crippen molar-refractivity contribution in [1.82, 2.24) is 20.9 Å². The molecule has 42 heavy (non-hydrogen) atoms. The first-order chi connectivity index (χ1) is 19.8. The van der Waals surface area contributed by atoms with Crippen LogP contribution in [0.4, 0.5) is 0 Å². The SMILES string of the molecule is CCC(C)C(NC(=O)C(Cc1c[nH]c2ccccc12)NC(=O)C(CC(=O)O)NC(=O)C(N)CCCN=C(N)N)C(=O)O. The Bertz CT molecular complexity index is 1290. The summed E-state index contributed by atoms with van der Waals surface area (Å²) < 4.78 is 0. The second-order valence-corrected chi connectivity index (χ2v) is 10.0. The lowest BCUT2D eigenvalue weighted by Crippen LogP contribution is -2.58. The number of aromatic nitrogens is 1. The fourth-order valence-corrected chi connectivity index (χ4v) is 4.25. The second kappa shape index (κ2) is 16.0. The maximum absolute atomic E-state index is 13.4. The predicted molar refractivity (Wildman–Crippen MR) is 155 cm³/mol. The van der Waals surface area contributed by atoms with E-state index in [1.165, 1.54) is 0 Å². The summed E-state index contributed by atoms with van der Waals surface area (Å²) in [6.07, 6.45) is 1.81. The molecule has 5 unspecified atom stereocenters. The zero-order chi connectivity index (χ0) is 31.4. The van der Waals surface area contributed by atoms with E-state index in [4.69, 9.17) is 17.2 Å². The summed E-state index contributed by atoms with van der Waals surface area (Å²) in [5, 5.41) is 27.2. The largest absolute Gasteiger partial charge is 0.481 e. The molecule has 0 spiro atoms. The number of guanidine groups is 1. The molecule has 0 fully saturated rings. The summed E-state index contributed by atoms with van der Waals surface area (Å²) in [5.74, 6) is -5.65. The van der Waals surface area contributed by atoms with Crippen LogP contribution >= 0.6 is 0 Å². The molecule has 5 atom stereocenters. The number of carboxylic acids is 2. The highest BCUT2D eigenvalue weighted by atomic mass is 16.4. The number of hydrogen-bond donors (Lipinski definition) is 9. The Morgan fingerprint density at radius 3 is 2.24 bits per heavy atom. The Morgan fingerprint density at radius 2 is 1.62 bits per heavy atom. The Morgan fingerprint density at radius 1 is 0.976 bits per heavy atom. The molecular formula is C27H40N8O7.